The average Bonchev–Trinajstić information content (AvgIpc) is 3.21. The second kappa shape index (κ2) is 6.62. The average molecular weight is 367 g/mol. The molecular weight excluding hydrogens is 350 g/mol. The molecule has 0 saturated carbocycles. The summed E-state index contributed by atoms with van der Waals surface area (Å²) >= 11 is 1.71. The highest BCUT2D eigenvalue weighted by atomic mass is 32.1. The molecule has 5 rings (SSSR count). The van der Waals surface area contributed by atoms with Crippen LogP contribution in [0.1, 0.15) is 16.7 Å². The van der Waals surface area contributed by atoms with E-state index in [1.54, 1.807) is 11.3 Å². The van der Waals surface area contributed by atoms with Crippen molar-refractivity contribution in [2.75, 3.05) is 6.54 Å². The van der Waals surface area contributed by atoms with Crippen LogP contribution in [0.5, 0.6) is 0 Å². The Morgan fingerprint density at radius 1 is 1.00 bits per heavy atom. The number of aromatic nitrogens is 1. The highest BCUT2D eigenvalue weighted by molar-refractivity contribution is 7.17. The normalized spacial score (nSPS) is 13.3. The van der Waals surface area contributed by atoms with Gasteiger partial charge in [0.25, 0.3) is 0 Å². The molecule has 0 saturated heterocycles. The Labute approximate surface area is 161 Å². The Bertz CT molecular complexity index is 1200. The van der Waals surface area contributed by atoms with Gasteiger partial charge in [0.2, 0.25) is 0 Å². The molecule has 3 heterocycles. The van der Waals surface area contributed by atoms with E-state index in [1.807, 2.05) is 18.3 Å². The summed E-state index contributed by atoms with van der Waals surface area (Å²) in [6.45, 7) is 1.96. The minimum absolute atomic E-state index is 0.656. The van der Waals surface area contributed by atoms with E-state index in [-0.39, 0.29) is 0 Å². The van der Waals surface area contributed by atoms with Crippen LogP contribution >= 0.6 is 11.3 Å². The van der Waals surface area contributed by atoms with Gasteiger partial charge in [0.1, 0.15) is 0 Å². The van der Waals surface area contributed by atoms with Crippen molar-refractivity contribution in [1.29, 1.82) is 5.26 Å². The van der Waals surface area contributed by atoms with Crippen LogP contribution in [0.3, 0.4) is 0 Å². The van der Waals surface area contributed by atoms with Crippen LogP contribution in [0, 0.1) is 11.3 Å². The molecule has 130 valence electrons. The van der Waals surface area contributed by atoms with E-state index in [1.165, 1.54) is 21.4 Å². The maximum atomic E-state index is 9.39. The number of nitrogens with zero attached hydrogens (tertiary/aromatic N) is 2. The first kappa shape index (κ1) is 16.2. The summed E-state index contributed by atoms with van der Waals surface area (Å²) in [5.74, 6) is 0. The predicted octanol–water partition coefficient (Wildman–Crippen LogP) is 5.15. The first-order chi connectivity index (χ1) is 13.3. The Morgan fingerprint density at radius 2 is 1.96 bits per heavy atom. The van der Waals surface area contributed by atoms with Crippen molar-refractivity contribution in [2.24, 2.45) is 0 Å². The molecule has 0 radical (unpaired) electrons. The lowest BCUT2D eigenvalue weighted by molar-refractivity contribution is 0.644. The Hall–Kier alpha value is -3.00. The summed E-state index contributed by atoms with van der Waals surface area (Å²) in [4.78, 5) is 4.69. The van der Waals surface area contributed by atoms with Crippen molar-refractivity contribution >= 4 is 21.4 Å². The SMILES string of the molecule is N#Cc1ccc(-c2ccc3c(c2)CCNC3)c(-c2cc3sccc3cn2)c1. The van der Waals surface area contributed by atoms with E-state index in [9.17, 15) is 5.26 Å². The van der Waals surface area contributed by atoms with Gasteiger partial charge in [-0.25, -0.2) is 0 Å². The van der Waals surface area contributed by atoms with Crippen molar-refractivity contribution in [3.63, 3.8) is 0 Å². The van der Waals surface area contributed by atoms with Crippen molar-refractivity contribution in [1.82, 2.24) is 10.3 Å². The molecule has 1 aliphatic heterocycles. The van der Waals surface area contributed by atoms with Gasteiger partial charge in [-0.05, 0) is 64.9 Å². The molecule has 3 nitrogen and oxygen atoms in total. The molecule has 1 N–H and O–H groups in total. The van der Waals surface area contributed by atoms with E-state index >= 15 is 0 Å². The zero-order valence-electron chi connectivity index (χ0n) is 14.7. The lowest BCUT2D eigenvalue weighted by Crippen LogP contribution is -2.23. The van der Waals surface area contributed by atoms with Gasteiger partial charge < -0.3 is 5.32 Å². The first-order valence-electron chi connectivity index (χ1n) is 9.02. The Kier molecular flexibility index (Phi) is 3.97. The number of nitrogens with one attached hydrogen (secondary N) is 1. The van der Waals surface area contributed by atoms with Gasteiger partial charge >= 0.3 is 0 Å². The van der Waals surface area contributed by atoms with Crippen LogP contribution < -0.4 is 5.32 Å². The molecule has 0 fully saturated rings. The second-order valence-electron chi connectivity index (χ2n) is 6.81. The molecule has 4 aromatic rings. The fraction of sp³-hybridized carbons (Fsp3) is 0.130. The van der Waals surface area contributed by atoms with Crippen molar-refractivity contribution in [3.8, 4) is 28.5 Å². The molecule has 27 heavy (non-hydrogen) atoms. The number of hydrogen-bond donors (Lipinski definition) is 1. The number of pyridine rings is 1. The van der Waals surface area contributed by atoms with Crippen LogP contribution in [0.15, 0.2) is 60.1 Å². The molecule has 0 aliphatic carbocycles. The molecule has 0 amide bonds. The Balaban J connectivity index is 1.69. The van der Waals surface area contributed by atoms with E-state index in [4.69, 9.17) is 0 Å². The number of fused-ring (bicyclic) bond motifs is 2. The van der Waals surface area contributed by atoms with E-state index in [0.29, 0.717) is 5.56 Å². The van der Waals surface area contributed by atoms with Crippen LogP contribution in [-0.2, 0) is 13.0 Å². The summed E-state index contributed by atoms with van der Waals surface area (Å²) in [7, 11) is 0. The fourth-order valence-corrected chi connectivity index (χ4v) is 4.52. The van der Waals surface area contributed by atoms with E-state index in [0.717, 1.165) is 41.7 Å². The van der Waals surface area contributed by atoms with Crippen LogP contribution in [0.4, 0.5) is 0 Å². The summed E-state index contributed by atoms with van der Waals surface area (Å²) in [5.41, 5.74) is 7.67. The highest BCUT2D eigenvalue weighted by Crippen LogP contribution is 2.35. The summed E-state index contributed by atoms with van der Waals surface area (Å²) < 4.78 is 1.21. The fourth-order valence-electron chi connectivity index (χ4n) is 3.72. The second-order valence-corrected chi connectivity index (χ2v) is 7.76. The molecule has 0 atom stereocenters. The third-order valence-corrected chi connectivity index (χ3v) is 6.05. The smallest absolute Gasteiger partial charge is 0.0991 e. The summed E-state index contributed by atoms with van der Waals surface area (Å²) in [6.07, 6.45) is 2.97. The maximum absolute atomic E-state index is 9.39. The molecule has 2 aromatic carbocycles. The van der Waals surface area contributed by atoms with Crippen LogP contribution in [0.2, 0.25) is 0 Å². The van der Waals surface area contributed by atoms with Crippen molar-refractivity contribution in [2.45, 2.75) is 13.0 Å². The summed E-state index contributed by atoms with van der Waals surface area (Å²) in [5, 5.41) is 16.1. The number of nitriles is 1. The maximum Gasteiger partial charge on any atom is 0.0991 e. The number of thiophene rings is 1. The quantitative estimate of drug-likeness (QED) is 0.533. The minimum Gasteiger partial charge on any atom is -0.312 e. The van der Waals surface area contributed by atoms with Gasteiger partial charge in [-0.15, -0.1) is 11.3 Å². The topological polar surface area (TPSA) is 48.7 Å². The van der Waals surface area contributed by atoms with Crippen LogP contribution in [0.25, 0.3) is 32.5 Å². The third kappa shape index (κ3) is 2.91. The lowest BCUT2D eigenvalue weighted by atomic mass is 9.91. The van der Waals surface area contributed by atoms with Gasteiger partial charge in [-0.1, -0.05) is 24.3 Å². The monoisotopic (exact) mass is 367 g/mol. The predicted molar refractivity (Wildman–Crippen MR) is 111 cm³/mol. The van der Waals surface area contributed by atoms with Crippen molar-refractivity contribution in [3.05, 3.63) is 76.8 Å². The largest absolute Gasteiger partial charge is 0.312 e. The van der Waals surface area contributed by atoms with Crippen LogP contribution in [-0.4, -0.2) is 11.5 Å². The standard InChI is InChI=1S/C23H17N3S/c24-12-15-1-4-20(17-2-3-18-13-25-7-5-16(18)10-17)21(9-15)22-11-23-19(14-26-22)6-8-27-23/h1-4,6,8-11,14,25H,5,7,13H2. The highest BCUT2D eigenvalue weighted by Gasteiger charge is 2.14. The molecule has 2 aromatic heterocycles. The molecule has 1 aliphatic rings. The lowest BCUT2D eigenvalue weighted by Gasteiger charge is -2.19. The Morgan fingerprint density at radius 3 is 2.89 bits per heavy atom. The molecule has 0 unspecified atom stereocenters. The van der Waals surface area contributed by atoms with Gasteiger partial charge in [-0.2, -0.15) is 5.26 Å². The zero-order chi connectivity index (χ0) is 18.2. The van der Waals surface area contributed by atoms with E-state index < -0.39 is 0 Å². The molecule has 4 heteroatoms. The number of rotatable bonds is 2. The van der Waals surface area contributed by atoms with Gasteiger partial charge in [0.05, 0.1) is 17.3 Å². The zero-order valence-corrected chi connectivity index (χ0v) is 15.5. The van der Waals surface area contributed by atoms with E-state index in [2.05, 4.69) is 58.1 Å². The third-order valence-electron chi connectivity index (χ3n) is 5.17. The molecular formula is C23H17N3S. The number of benzene rings is 2. The van der Waals surface area contributed by atoms with Gasteiger partial charge in [-0.3, -0.25) is 4.98 Å². The summed E-state index contributed by atoms with van der Waals surface area (Å²) in [6, 6.07) is 19.1. The van der Waals surface area contributed by atoms with Crippen molar-refractivity contribution < 1.29 is 0 Å². The van der Waals surface area contributed by atoms with Gasteiger partial charge in [0.15, 0.2) is 0 Å². The molecule has 0 spiro atoms. The minimum atomic E-state index is 0.656. The number of hydrogen-bond acceptors (Lipinski definition) is 4. The van der Waals surface area contributed by atoms with Gasteiger partial charge in [0, 0.05) is 28.4 Å². The molecule has 0 bridgehead atoms. The first-order valence-corrected chi connectivity index (χ1v) is 9.90.